The van der Waals surface area contributed by atoms with E-state index in [2.05, 4.69) is 4.72 Å². The highest BCUT2D eigenvalue weighted by molar-refractivity contribution is 7.89. The summed E-state index contributed by atoms with van der Waals surface area (Å²) >= 11 is 0. The lowest BCUT2D eigenvalue weighted by Gasteiger charge is -2.48. The number of sulfonamides is 1. The number of anilines is 1. The number of nitrogens with zero attached hydrogens (tertiary/aromatic N) is 1. The maximum atomic E-state index is 13.3. The van der Waals surface area contributed by atoms with Crippen molar-refractivity contribution in [2.45, 2.75) is 110 Å². The first-order valence-electron chi connectivity index (χ1n) is 17.2. The lowest BCUT2D eigenvalue weighted by Crippen LogP contribution is -2.67. The van der Waals surface area contributed by atoms with E-state index < -0.39 is 115 Å². The van der Waals surface area contributed by atoms with Crippen LogP contribution in [0.1, 0.15) is 13.3 Å². The number of aliphatic hydroxyl groups is 9. The predicted octanol–water partition coefficient (Wildman–Crippen LogP) is -3.93. The van der Waals surface area contributed by atoms with Gasteiger partial charge in [0, 0.05) is 37.1 Å². The van der Waals surface area contributed by atoms with Crippen molar-refractivity contribution in [3.8, 4) is 0 Å². The van der Waals surface area contributed by atoms with E-state index >= 15 is 0 Å². The fourth-order valence-corrected chi connectivity index (χ4v) is 7.85. The van der Waals surface area contributed by atoms with Crippen molar-refractivity contribution in [1.82, 2.24) is 4.72 Å². The predicted molar refractivity (Wildman–Crippen MR) is 182 cm³/mol. The molecule has 3 fully saturated rings. The molecule has 0 spiro atoms. The Morgan fingerprint density at radius 1 is 0.698 bits per heavy atom. The van der Waals surface area contributed by atoms with Crippen LogP contribution in [0.5, 0.6) is 0 Å². The third-order valence-electron chi connectivity index (χ3n) is 9.56. The molecule has 5 rings (SSSR count). The molecule has 53 heavy (non-hydrogen) atoms. The summed E-state index contributed by atoms with van der Waals surface area (Å²) in [6, 6.07) is 10.3. The van der Waals surface area contributed by atoms with Gasteiger partial charge in [0.1, 0.15) is 67.1 Å². The molecule has 0 bridgehead atoms. The third kappa shape index (κ3) is 8.95. The molecule has 2 aromatic rings. The number of fused-ring (bicyclic) bond motifs is 1. The Hall–Kier alpha value is -2.19. The minimum absolute atomic E-state index is 0.0820. The van der Waals surface area contributed by atoms with Gasteiger partial charge in [-0.2, -0.15) is 0 Å². The highest BCUT2D eigenvalue weighted by Crippen LogP contribution is 2.34. The van der Waals surface area contributed by atoms with Gasteiger partial charge in [0.05, 0.1) is 30.8 Å². The number of hydrogen-bond acceptors (Lipinski definition) is 18. The smallest absolute Gasteiger partial charge is 0.241 e. The normalized spacial score (nSPS) is 38.2. The Labute approximate surface area is 305 Å². The Morgan fingerprint density at radius 3 is 1.94 bits per heavy atom. The zero-order chi connectivity index (χ0) is 38.8. The van der Waals surface area contributed by atoms with Crippen LogP contribution in [0.4, 0.5) is 5.69 Å². The van der Waals surface area contributed by atoms with Gasteiger partial charge in [-0.3, -0.25) is 0 Å². The topological polar surface area (TPSA) is 287 Å². The average molecular weight is 779 g/mol. The SMILES string of the molecule is C[C@@H]1O[C@@H](O[C@@H]2[C@@H](O)[C@H](OCCCNS(=O)(=O)c3cccc4c(N(C)C)cccc34)O[C@H](CO)[C@H]2O[C@@H]2O[C@H](CO)[C@H](O)[C@H](O)[C@H]2O)[C@@H](O)[C@H](O)[C@@H]1O. The largest absolute Gasteiger partial charge is 0.394 e. The van der Waals surface area contributed by atoms with Gasteiger partial charge >= 0.3 is 0 Å². The molecule has 3 saturated heterocycles. The van der Waals surface area contributed by atoms with Crippen LogP contribution in [-0.2, 0) is 38.4 Å². The number of nitrogens with one attached hydrogen (secondary N) is 1. The molecule has 10 N–H and O–H groups in total. The first-order valence-corrected chi connectivity index (χ1v) is 18.6. The highest BCUT2D eigenvalue weighted by Gasteiger charge is 2.54. The number of aliphatic hydroxyl groups excluding tert-OH is 9. The van der Waals surface area contributed by atoms with Crippen LogP contribution in [0.3, 0.4) is 0 Å². The molecular formula is C33H50N2O17S. The van der Waals surface area contributed by atoms with Crippen molar-refractivity contribution in [2.75, 3.05) is 45.4 Å². The Kier molecular flexibility index (Phi) is 14.0. The van der Waals surface area contributed by atoms with Crippen LogP contribution < -0.4 is 9.62 Å². The number of hydrogen-bond donors (Lipinski definition) is 10. The van der Waals surface area contributed by atoms with E-state index in [0.29, 0.717) is 5.39 Å². The van der Waals surface area contributed by atoms with Gasteiger partial charge in [0.2, 0.25) is 10.0 Å². The second-order valence-corrected chi connectivity index (χ2v) is 15.2. The van der Waals surface area contributed by atoms with Gasteiger partial charge in [0.25, 0.3) is 0 Å². The molecule has 300 valence electrons. The molecule has 19 nitrogen and oxygen atoms in total. The van der Waals surface area contributed by atoms with E-state index in [0.717, 1.165) is 11.1 Å². The van der Waals surface area contributed by atoms with Gasteiger partial charge in [-0.25, -0.2) is 13.1 Å². The zero-order valence-electron chi connectivity index (χ0n) is 29.3. The quantitative estimate of drug-likeness (QED) is 0.0820. The first-order chi connectivity index (χ1) is 25.1. The lowest BCUT2D eigenvalue weighted by atomic mass is 9.96. The third-order valence-corrected chi connectivity index (χ3v) is 11.1. The summed E-state index contributed by atoms with van der Waals surface area (Å²) in [7, 11) is -0.260. The van der Waals surface area contributed by atoms with Crippen LogP contribution >= 0.6 is 0 Å². The van der Waals surface area contributed by atoms with Crippen molar-refractivity contribution in [3.63, 3.8) is 0 Å². The lowest BCUT2D eigenvalue weighted by molar-refractivity contribution is -0.385. The summed E-state index contributed by atoms with van der Waals surface area (Å²) in [5.74, 6) is 0. The van der Waals surface area contributed by atoms with Crippen LogP contribution in [-0.4, -0.2) is 187 Å². The van der Waals surface area contributed by atoms with Gasteiger partial charge in [-0.1, -0.05) is 24.3 Å². The Morgan fingerprint density at radius 2 is 1.28 bits per heavy atom. The first kappa shape index (κ1) is 42.0. The fraction of sp³-hybridized carbons (Fsp3) is 0.697. The van der Waals surface area contributed by atoms with Crippen LogP contribution in [0.2, 0.25) is 0 Å². The summed E-state index contributed by atoms with van der Waals surface area (Å²) in [4.78, 5) is 1.96. The number of ether oxygens (including phenoxy) is 6. The minimum Gasteiger partial charge on any atom is -0.394 e. The summed E-state index contributed by atoms with van der Waals surface area (Å²) in [5.41, 5.74) is 0.844. The molecule has 3 heterocycles. The number of rotatable bonds is 14. The van der Waals surface area contributed by atoms with Crippen molar-refractivity contribution in [1.29, 1.82) is 0 Å². The molecule has 0 radical (unpaired) electrons. The molecule has 0 amide bonds. The molecule has 0 aromatic heterocycles. The van der Waals surface area contributed by atoms with E-state index in [4.69, 9.17) is 28.4 Å². The Balaban J connectivity index is 1.28. The standard InChI is InChI=1S/C33H50N2O17S/c1-15-22(38)24(40)26(42)32(48-15)52-30-28(44)31(50-20(14-37)29(30)51-33-27(43)25(41)23(39)19(13-36)49-33)47-12-6-11-34-53(45,46)21-10-5-7-16-17(21)8-4-9-18(16)35(2)3/h4-5,7-10,15,19-20,22-34,36-44H,6,11-14H2,1-3H3/t15-,19+,20+,22+,23-,24+,25-,26-,27+,28+,29+,30+,31+,32-,33-/m0/s1. The van der Waals surface area contributed by atoms with E-state index in [-0.39, 0.29) is 24.5 Å². The molecule has 0 saturated carbocycles. The maximum Gasteiger partial charge on any atom is 0.241 e. The summed E-state index contributed by atoms with van der Waals surface area (Å²) in [6.45, 7) is -0.444. The maximum absolute atomic E-state index is 13.3. The fourth-order valence-electron chi connectivity index (χ4n) is 6.56. The molecule has 0 unspecified atom stereocenters. The van der Waals surface area contributed by atoms with Gasteiger partial charge in [0.15, 0.2) is 18.9 Å². The molecule has 20 heteroatoms. The highest BCUT2D eigenvalue weighted by atomic mass is 32.2. The molecule has 15 atom stereocenters. The second-order valence-electron chi connectivity index (χ2n) is 13.4. The van der Waals surface area contributed by atoms with E-state index in [9.17, 15) is 54.4 Å². The van der Waals surface area contributed by atoms with Gasteiger partial charge < -0.3 is 79.3 Å². The summed E-state index contributed by atoms with van der Waals surface area (Å²) < 4.78 is 63.4. The molecular weight excluding hydrogens is 728 g/mol. The van der Waals surface area contributed by atoms with Crippen LogP contribution in [0.25, 0.3) is 10.8 Å². The van der Waals surface area contributed by atoms with Crippen molar-refractivity contribution in [3.05, 3.63) is 36.4 Å². The molecule has 0 aliphatic carbocycles. The summed E-state index contributed by atoms with van der Waals surface area (Å²) in [6.07, 6.45) is -24.3. The zero-order valence-corrected chi connectivity index (χ0v) is 30.1. The molecule has 3 aliphatic rings. The second kappa shape index (κ2) is 17.7. The monoisotopic (exact) mass is 778 g/mol. The van der Waals surface area contributed by atoms with Crippen molar-refractivity contribution in [2.24, 2.45) is 0 Å². The van der Waals surface area contributed by atoms with Crippen molar-refractivity contribution >= 4 is 26.5 Å². The number of benzene rings is 2. The van der Waals surface area contributed by atoms with E-state index in [1.165, 1.54) is 13.0 Å². The summed E-state index contributed by atoms with van der Waals surface area (Å²) in [5, 5.41) is 94.9. The molecule has 2 aromatic carbocycles. The average Bonchev–Trinajstić information content (AvgIpc) is 3.14. The van der Waals surface area contributed by atoms with E-state index in [1.54, 1.807) is 18.2 Å². The van der Waals surface area contributed by atoms with E-state index in [1.807, 2.05) is 31.1 Å². The van der Waals surface area contributed by atoms with Gasteiger partial charge in [-0.15, -0.1) is 0 Å². The van der Waals surface area contributed by atoms with Gasteiger partial charge in [-0.05, 0) is 25.5 Å². The Bertz CT molecular complexity index is 1600. The molecule has 3 aliphatic heterocycles. The van der Waals surface area contributed by atoms with Crippen LogP contribution in [0.15, 0.2) is 41.3 Å². The van der Waals surface area contributed by atoms with Crippen LogP contribution in [0, 0.1) is 0 Å². The minimum atomic E-state index is -3.97. The van der Waals surface area contributed by atoms with Crippen molar-refractivity contribution < 1.29 is 82.8 Å².